The predicted molar refractivity (Wildman–Crippen MR) is 116 cm³/mol. The van der Waals surface area contributed by atoms with E-state index in [9.17, 15) is 0 Å². The molecule has 0 bridgehead atoms. The number of aromatic nitrogens is 1. The summed E-state index contributed by atoms with van der Waals surface area (Å²) in [6.45, 7) is 5.15. The number of piperidine rings is 1. The van der Waals surface area contributed by atoms with Crippen LogP contribution in [0.15, 0.2) is 60.1 Å². The fraction of sp³-hybridized carbons (Fsp3) is 0.333. The van der Waals surface area contributed by atoms with Gasteiger partial charge in [-0.3, -0.25) is 4.98 Å². The van der Waals surface area contributed by atoms with Gasteiger partial charge in [0.05, 0.1) is 6.07 Å². The van der Waals surface area contributed by atoms with Gasteiger partial charge in [0, 0.05) is 59.8 Å². The van der Waals surface area contributed by atoms with E-state index in [1.807, 2.05) is 30.6 Å². The number of fused-ring (bicyclic) bond motifs is 1. The molecule has 1 saturated heterocycles. The summed E-state index contributed by atoms with van der Waals surface area (Å²) in [4.78, 5) is 9.47. The molecule has 0 spiro atoms. The van der Waals surface area contributed by atoms with E-state index in [1.165, 1.54) is 22.4 Å². The van der Waals surface area contributed by atoms with Crippen molar-refractivity contribution < 1.29 is 0 Å². The molecule has 29 heavy (non-hydrogen) atoms. The van der Waals surface area contributed by atoms with E-state index in [2.05, 4.69) is 39.1 Å². The van der Waals surface area contributed by atoms with Crippen molar-refractivity contribution in [1.82, 2.24) is 14.8 Å². The Morgan fingerprint density at radius 2 is 1.90 bits per heavy atom. The summed E-state index contributed by atoms with van der Waals surface area (Å²) in [5, 5.41) is 9.80. The van der Waals surface area contributed by atoms with E-state index in [1.54, 1.807) is 0 Å². The zero-order chi connectivity index (χ0) is 19.8. The number of hydrogen-bond acceptors (Lipinski definition) is 4. The maximum Gasteiger partial charge on any atom is 0.0656 e. The fourth-order valence-corrected chi connectivity index (χ4v) is 4.58. The molecule has 1 aliphatic carbocycles. The minimum Gasteiger partial charge on any atom is -0.365 e. The third-order valence-electron chi connectivity index (χ3n) is 6.19. The Balaban J connectivity index is 1.24. The highest BCUT2D eigenvalue weighted by molar-refractivity contribution is 6.30. The highest BCUT2D eigenvalue weighted by Crippen LogP contribution is 2.45. The normalized spacial score (nSPS) is 19.2. The molecule has 1 fully saturated rings. The second-order valence-corrected chi connectivity index (χ2v) is 8.50. The van der Waals surface area contributed by atoms with Crippen LogP contribution in [0.1, 0.15) is 18.4 Å². The number of likely N-dealkylation sites (tertiary alicyclic amines) is 1. The van der Waals surface area contributed by atoms with Gasteiger partial charge in [0.1, 0.15) is 0 Å². The molecular weight excluding hydrogens is 380 g/mol. The van der Waals surface area contributed by atoms with Crippen LogP contribution in [0.25, 0.3) is 16.7 Å². The quantitative estimate of drug-likeness (QED) is 0.732. The number of halogens is 1. The largest absolute Gasteiger partial charge is 0.365 e. The zero-order valence-corrected chi connectivity index (χ0v) is 17.1. The van der Waals surface area contributed by atoms with Crippen molar-refractivity contribution in [2.75, 3.05) is 32.7 Å². The van der Waals surface area contributed by atoms with E-state index >= 15 is 0 Å². The van der Waals surface area contributed by atoms with Crippen LogP contribution in [-0.4, -0.2) is 47.5 Å². The third-order valence-corrected chi connectivity index (χ3v) is 6.42. The second kappa shape index (κ2) is 7.67. The molecule has 3 aliphatic rings. The molecule has 146 valence electrons. The Labute approximate surface area is 176 Å². The number of hydrogen-bond donors (Lipinski definition) is 0. The van der Waals surface area contributed by atoms with Gasteiger partial charge in [-0.2, -0.15) is 5.26 Å². The Morgan fingerprint density at radius 3 is 2.69 bits per heavy atom. The van der Waals surface area contributed by atoms with Crippen LogP contribution in [0.5, 0.6) is 0 Å². The maximum absolute atomic E-state index is 9.06. The van der Waals surface area contributed by atoms with Crippen molar-refractivity contribution in [3.05, 3.63) is 70.7 Å². The standard InChI is InChI=1S/C24H23ClN4/c25-21-3-1-2-18(11-21)19-10-20(15-27-14-19)23-16-29(24-12-22(23)24)9-8-28-6-4-17(13-26)5-7-28/h1-3,10-12,14-15,17H,4-9,16H2. The number of benzene rings is 1. The smallest absolute Gasteiger partial charge is 0.0656 e. The molecule has 1 aromatic carbocycles. The van der Waals surface area contributed by atoms with Gasteiger partial charge < -0.3 is 9.80 Å². The lowest BCUT2D eigenvalue weighted by atomic mass is 9.99. The van der Waals surface area contributed by atoms with Crippen molar-refractivity contribution in [2.45, 2.75) is 12.8 Å². The highest BCUT2D eigenvalue weighted by Gasteiger charge is 2.35. The van der Waals surface area contributed by atoms with Gasteiger partial charge in [-0.05, 0) is 66.9 Å². The van der Waals surface area contributed by atoms with Gasteiger partial charge in [-0.15, -0.1) is 0 Å². The highest BCUT2D eigenvalue weighted by atomic mass is 35.5. The molecule has 4 nitrogen and oxygen atoms in total. The second-order valence-electron chi connectivity index (χ2n) is 8.06. The number of rotatable bonds is 5. The van der Waals surface area contributed by atoms with Crippen LogP contribution >= 0.6 is 11.6 Å². The lowest BCUT2D eigenvalue weighted by Gasteiger charge is -2.31. The summed E-state index contributed by atoms with van der Waals surface area (Å²) < 4.78 is 0. The minimum absolute atomic E-state index is 0.253. The summed E-state index contributed by atoms with van der Waals surface area (Å²) in [5.41, 5.74) is 7.54. The summed E-state index contributed by atoms with van der Waals surface area (Å²) in [7, 11) is 0. The van der Waals surface area contributed by atoms with E-state index in [-0.39, 0.29) is 5.92 Å². The average Bonchev–Trinajstić information content (AvgIpc) is 3.47. The predicted octanol–water partition coefficient (Wildman–Crippen LogP) is 4.60. The molecule has 2 aromatic rings. The van der Waals surface area contributed by atoms with Gasteiger partial charge in [0.25, 0.3) is 0 Å². The summed E-state index contributed by atoms with van der Waals surface area (Å²) >= 11 is 6.16. The van der Waals surface area contributed by atoms with Crippen molar-refractivity contribution in [3.8, 4) is 17.2 Å². The number of pyridine rings is 1. The summed E-state index contributed by atoms with van der Waals surface area (Å²) in [5.74, 6) is 0.253. The molecule has 2 aliphatic heterocycles. The van der Waals surface area contributed by atoms with Crippen molar-refractivity contribution >= 4 is 17.2 Å². The molecule has 0 atom stereocenters. The molecule has 0 radical (unpaired) electrons. The topological polar surface area (TPSA) is 43.2 Å². The van der Waals surface area contributed by atoms with E-state index < -0.39 is 0 Å². The van der Waals surface area contributed by atoms with Crippen LogP contribution < -0.4 is 0 Å². The first-order chi connectivity index (χ1) is 14.2. The zero-order valence-electron chi connectivity index (χ0n) is 16.3. The summed E-state index contributed by atoms with van der Waals surface area (Å²) in [6, 6.07) is 12.6. The Bertz CT molecular complexity index is 1040. The van der Waals surface area contributed by atoms with Gasteiger partial charge >= 0.3 is 0 Å². The first kappa shape index (κ1) is 18.4. The first-order valence-electron chi connectivity index (χ1n) is 10.2. The first-order valence-corrected chi connectivity index (χ1v) is 10.6. The third kappa shape index (κ3) is 3.81. The molecule has 5 heteroatoms. The molecule has 0 saturated carbocycles. The minimum atomic E-state index is 0.253. The number of nitriles is 1. The molecule has 5 rings (SSSR count). The Morgan fingerprint density at radius 1 is 1.07 bits per heavy atom. The van der Waals surface area contributed by atoms with Gasteiger partial charge in [0.15, 0.2) is 0 Å². The van der Waals surface area contributed by atoms with Gasteiger partial charge in [-0.25, -0.2) is 0 Å². The lowest BCUT2D eigenvalue weighted by molar-refractivity contribution is 0.189. The van der Waals surface area contributed by atoms with Crippen molar-refractivity contribution in [2.24, 2.45) is 5.92 Å². The van der Waals surface area contributed by atoms with Crippen molar-refractivity contribution in [3.63, 3.8) is 0 Å². The molecule has 0 amide bonds. The van der Waals surface area contributed by atoms with E-state index in [0.717, 1.165) is 61.7 Å². The van der Waals surface area contributed by atoms with Crippen molar-refractivity contribution in [1.29, 1.82) is 5.26 Å². The molecule has 3 heterocycles. The van der Waals surface area contributed by atoms with E-state index in [0.29, 0.717) is 0 Å². The van der Waals surface area contributed by atoms with Crippen LogP contribution in [0, 0.1) is 17.2 Å². The number of allylic oxidation sites excluding steroid dienone is 2. The van der Waals surface area contributed by atoms with Gasteiger partial charge in [0.2, 0.25) is 0 Å². The number of nitrogens with zero attached hydrogens (tertiary/aromatic N) is 4. The Kier molecular flexibility index (Phi) is 4.87. The van der Waals surface area contributed by atoms with E-state index in [4.69, 9.17) is 16.9 Å². The van der Waals surface area contributed by atoms with Crippen LogP contribution in [0.3, 0.4) is 0 Å². The molecular formula is C24H23ClN4. The fourth-order valence-electron chi connectivity index (χ4n) is 4.39. The lowest BCUT2D eigenvalue weighted by Crippen LogP contribution is -2.38. The Hall–Kier alpha value is -2.61. The van der Waals surface area contributed by atoms with Crippen LogP contribution in [-0.2, 0) is 0 Å². The van der Waals surface area contributed by atoms with Gasteiger partial charge in [-0.1, -0.05) is 23.7 Å². The molecule has 1 aromatic heterocycles. The monoisotopic (exact) mass is 402 g/mol. The van der Waals surface area contributed by atoms with Crippen LogP contribution in [0.2, 0.25) is 5.02 Å². The maximum atomic E-state index is 9.06. The average molecular weight is 403 g/mol. The molecule has 0 N–H and O–H groups in total. The summed E-state index contributed by atoms with van der Waals surface area (Å²) in [6.07, 6.45) is 8.17. The molecule has 0 unspecified atom stereocenters. The van der Waals surface area contributed by atoms with Crippen LogP contribution in [0.4, 0.5) is 0 Å². The SMILES string of the molecule is N#CC1CCN(CCN2CC(c3cncc(-c4cccc(Cl)c4)c3)=C3C=C32)CC1.